The molecule has 1 heterocycles. The van der Waals surface area contributed by atoms with Crippen molar-refractivity contribution in [3.8, 4) is 11.5 Å². The molecule has 2 N–H and O–H groups in total. The maximum Gasteiger partial charge on any atom is 0.409 e. The van der Waals surface area contributed by atoms with Crippen LogP contribution in [0.5, 0.6) is 11.5 Å². The number of ether oxygens (including phenoxy) is 3. The van der Waals surface area contributed by atoms with Gasteiger partial charge in [-0.05, 0) is 93.2 Å². The van der Waals surface area contributed by atoms with E-state index in [2.05, 4.69) is 39.8 Å². The predicted octanol–water partition coefficient (Wildman–Crippen LogP) is 5.50. The first-order valence-electron chi connectivity index (χ1n) is 14.0. The molecule has 0 radical (unpaired) electrons. The third-order valence-corrected chi connectivity index (χ3v) is 7.33. The van der Waals surface area contributed by atoms with Gasteiger partial charge in [-0.3, -0.25) is 9.69 Å². The van der Waals surface area contributed by atoms with Gasteiger partial charge in [-0.1, -0.05) is 36.4 Å². The molecule has 0 saturated carbocycles. The zero-order valence-corrected chi connectivity index (χ0v) is 24.7. The summed E-state index contributed by atoms with van der Waals surface area (Å²) in [6, 6.07) is 24.4. The predicted molar refractivity (Wildman–Crippen MR) is 159 cm³/mol. The maximum atomic E-state index is 12.8. The first-order valence-corrected chi connectivity index (χ1v) is 14.0. The van der Waals surface area contributed by atoms with Crippen LogP contribution in [0.1, 0.15) is 60.7 Å². The van der Waals surface area contributed by atoms with Crippen LogP contribution in [0, 0.1) is 0 Å². The smallest absolute Gasteiger partial charge is 0.409 e. The molecule has 2 amide bonds. The second-order valence-corrected chi connectivity index (χ2v) is 11.4. The van der Waals surface area contributed by atoms with Gasteiger partial charge in [0, 0.05) is 24.1 Å². The summed E-state index contributed by atoms with van der Waals surface area (Å²) in [4.78, 5) is 27.1. The van der Waals surface area contributed by atoms with Gasteiger partial charge in [0.1, 0.15) is 17.1 Å². The number of carbonyl (C=O) groups excluding carboxylic acids is 2. The number of nitrogens with zero attached hydrogens (tertiary/aromatic N) is 1. The van der Waals surface area contributed by atoms with E-state index < -0.39 is 11.7 Å². The fourth-order valence-electron chi connectivity index (χ4n) is 5.42. The van der Waals surface area contributed by atoms with Gasteiger partial charge in [0.2, 0.25) is 0 Å². The minimum atomic E-state index is -0.602. The van der Waals surface area contributed by atoms with Gasteiger partial charge in [0.05, 0.1) is 20.9 Å². The van der Waals surface area contributed by atoms with Crippen molar-refractivity contribution < 1.29 is 23.8 Å². The molecule has 218 valence electrons. The van der Waals surface area contributed by atoms with E-state index in [0.717, 1.165) is 43.0 Å². The minimum Gasteiger partial charge on any atom is -0.497 e. The van der Waals surface area contributed by atoms with Gasteiger partial charge in [-0.15, -0.1) is 0 Å². The molecule has 3 aromatic carbocycles. The Morgan fingerprint density at radius 2 is 1.49 bits per heavy atom. The van der Waals surface area contributed by atoms with Crippen molar-refractivity contribution in [3.05, 3.63) is 95.1 Å². The number of likely N-dealkylation sites (tertiary alicyclic amines) is 1. The average molecular weight is 560 g/mol. The van der Waals surface area contributed by atoms with E-state index in [1.165, 1.54) is 11.1 Å². The van der Waals surface area contributed by atoms with Crippen LogP contribution >= 0.6 is 0 Å². The van der Waals surface area contributed by atoms with Gasteiger partial charge in [0.25, 0.3) is 5.91 Å². The van der Waals surface area contributed by atoms with Crippen LogP contribution in [-0.2, 0) is 16.7 Å². The zero-order chi connectivity index (χ0) is 29.5. The van der Waals surface area contributed by atoms with Crippen molar-refractivity contribution in [3.63, 3.8) is 0 Å². The Labute approximate surface area is 243 Å². The van der Waals surface area contributed by atoms with Crippen LogP contribution in [0.4, 0.5) is 4.79 Å². The molecule has 0 bridgehead atoms. The van der Waals surface area contributed by atoms with Crippen molar-refractivity contribution in [2.45, 2.75) is 51.2 Å². The summed E-state index contributed by atoms with van der Waals surface area (Å²) in [5.41, 5.74) is 3.30. The van der Waals surface area contributed by atoms with E-state index in [9.17, 15) is 9.59 Å². The summed E-state index contributed by atoms with van der Waals surface area (Å²) < 4.78 is 16.1. The number of rotatable bonds is 9. The van der Waals surface area contributed by atoms with Crippen LogP contribution in [0.25, 0.3) is 0 Å². The molecule has 1 aliphatic heterocycles. The van der Waals surface area contributed by atoms with E-state index in [4.69, 9.17) is 14.2 Å². The first-order chi connectivity index (χ1) is 19.6. The highest BCUT2D eigenvalue weighted by Gasteiger charge is 2.39. The molecule has 0 spiro atoms. The molecular formula is C33H41N3O5. The Morgan fingerprint density at radius 3 is 2.05 bits per heavy atom. The Morgan fingerprint density at radius 1 is 0.878 bits per heavy atom. The highest BCUT2D eigenvalue weighted by molar-refractivity contribution is 5.94. The largest absolute Gasteiger partial charge is 0.497 e. The van der Waals surface area contributed by atoms with Crippen LogP contribution in [0.15, 0.2) is 72.8 Å². The number of hydrogen-bond donors (Lipinski definition) is 2. The number of methoxy groups -OCH3 is 2. The van der Waals surface area contributed by atoms with Gasteiger partial charge < -0.3 is 24.8 Å². The fraction of sp³-hybridized carbons (Fsp3) is 0.394. The lowest BCUT2D eigenvalue weighted by atomic mass is 9.69. The summed E-state index contributed by atoms with van der Waals surface area (Å²) in [6.07, 6.45) is 1.48. The number of benzene rings is 3. The quantitative estimate of drug-likeness (QED) is 0.337. The lowest BCUT2D eigenvalue weighted by Crippen LogP contribution is -2.46. The SMILES string of the molecule is COc1ccc(C2(c3ccc(OC)cc3)CCCN(Cc3cccc(C(=O)NCNC(=O)OC(C)(C)C)c3)C2)cc1. The fourth-order valence-corrected chi connectivity index (χ4v) is 5.42. The number of alkyl carbamates (subject to hydrolysis) is 1. The monoisotopic (exact) mass is 559 g/mol. The summed E-state index contributed by atoms with van der Waals surface area (Å²) in [7, 11) is 3.37. The summed E-state index contributed by atoms with van der Waals surface area (Å²) in [6.45, 7) is 7.86. The molecule has 1 saturated heterocycles. The molecule has 0 unspecified atom stereocenters. The number of hydrogen-bond acceptors (Lipinski definition) is 6. The third-order valence-electron chi connectivity index (χ3n) is 7.33. The standard InChI is InChI=1S/C33H41N3O5/c1-32(2,3)41-31(38)35-23-34-30(37)25-9-6-8-24(20-25)21-36-19-7-18-33(22-36,26-10-14-28(39-4)15-11-26)27-12-16-29(40-5)17-13-27/h6,8-17,20H,7,18-19,21-23H2,1-5H3,(H,34,37)(H,35,38). The third kappa shape index (κ3) is 7.79. The number of carbonyl (C=O) groups is 2. The van der Waals surface area contributed by atoms with E-state index in [1.54, 1.807) is 41.1 Å². The molecule has 1 fully saturated rings. The van der Waals surface area contributed by atoms with Gasteiger partial charge in [0.15, 0.2) is 0 Å². The van der Waals surface area contributed by atoms with Gasteiger partial charge in [-0.2, -0.15) is 0 Å². The zero-order valence-electron chi connectivity index (χ0n) is 24.7. The number of piperidine rings is 1. The minimum absolute atomic E-state index is 0.0175. The number of nitrogens with one attached hydrogen (secondary N) is 2. The maximum absolute atomic E-state index is 12.8. The summed E-state index contributed by atoms with van der Waals surface area (Å²) >= 11 is 0. The molecule has 8 heteroatoms. The van der Waals surface area contributed by atoms with Crippen molar-refractivity contribution in [1.29, 1.82) is 0 Å². The Bertz CT molecular complexity index is 1270. The molecule has 0 atom stereocenters. The normalized spacial score (nSPS) is 15.0. The highest BCUT2D eigenvalue weighted by Crippen LogP contribution is 2.41. The average Bonchev–Trinajstić information content (AvgIpc) is 2.96. The van der Waals surface area contributed by atoms with Crippen molar-refractivity contribution >= 4 is 12.0 Å². The van der Waals surface area contributed by atoms with Gasteiger partial charge in [-0.25, -0.2) is 4.79 Å². The van der Waals surface area contributed by atoms with Crippen LogP contribution in [-0.4, -0.2) is 56.5 Å². The molecule has 1 aliphatic rings. The van der Waals surface area contributed by atoms with Crippen LogP contribution < -0.4 is 20.1 Å². The van der Waals surface area contributed by atoms with E-state index in [-0.39, 0.29) is 18.0 Å². The Hall–Kier alpha value is -4.04. The van der Waals surface area contributed by atoms with Gasteiger partial charge >= 0.3 is 6.09 Å². The molecule has 4 rings (SSSR count). The van der Waals surface area contributed by atoms with Crippen molar-refractivity contribution in [2.24, 2.45) is 0 Å². The molecule has 0 aromatic heterocycles. The van der Waals surface area contributed by atoms with Crippen molar-refractivity contribution in [2.75, 3.05) is 34.0 Å². The lowest BCUT2D eigenvalue weighted by molar-refractivity contribution is 0.0523. The summed E-state index contributed by atoms with van der Waals surface area (Å²) in [5.74, 6) is 1.41. The van der Waals surface area contributed by atoms with E-state index in [0.29, 0.717) is 12.1 Å². The molecule has 41 heavy (non-hydrogen) atoms. The molecule has 8 nitrogen and oxygen atoms in total. The van der Waals surface area contributed by atoms with Crippen molar-refractivity contribution in [1.82, 2.24) is 15.5 Å². The highest BCUT2D eigenvalue weighted by atomic mass is 16.6. The summed E-state index contributed by atoms with van der Waals surface area (Å²) in [5, 5.41) is 5.29. The number of amides is 2. The molecule has 3 aromatic rings. The van der Waals surface area contributed by atoms with Crippen LogP contribution in [0.2, 0.25) is 0 Å². The first kappa shape index (κ1) is 29.9. The van der Waals surface area contributed by atoms with E-state index >= 15 is 0 Å². The second kappa shape index (κ2) is 13.1. The lowest BCUT2D eigenvalue weighted by Gasteiger charge is -2.44. The topological polar surface area (TPSA) is 89.1 Å². The van der Waals surface area contributed by atoms with E-state index in [1.807, 2.05) is 42.5 Å². The Kier molecular flexibility index (Phi) is 9.55. The Balaban J connectivity index is 1.48. The van der Waals surface area contributed by atoms with Crippen LogP contribution in [0.3, 0.4) is 0 Å². The molecular weight excluding hydrogens is 518 g/mol. The second-order valence-electron chi connectivity index (χ2n) is 11.4. The molecule has 0 aliphatic carbocycles.